The van der Waals surface area contributed by atoms with Crippen LogP contribution in [-0.4, -0.2) is 43.2 Å². The largest absolute Gasteiger partial charge is 0.269 e. The van der Waals surface area contributed by atoms with E-state index in [1.54, 1.807) is 73.8 Å². The van der Waals surface area contributed by atoms with Crippen LogP contribution in [0.1, 0.15) is 18.5 Å². The van der Waals surface area contributed by atoms with Crippen LogP contribution in [0.4, 0.5) is 0 Å². The van der Waals surface area contributed by atoms with Crippen molar-refractivity contribution in [3.05, 3.63) is 78.6 Å². The first kappa shape index (κ1) is 21.8. The predicted molar refractivity (Wildman–Crippen MR) is 127 cm³/mol. The fraction of sp³-hybridized carbons (Fsp3) is 0.208. The zero-order valence-electron chi connectivity index (χ0n) is 18.0. The van der Waals surface area contributed by atoms with Gasteiger partial charge in [0.1, 0.15) is 0 Å². The van der Waals surface area contributed by atoms with Gasteiger partial charge in [0.05, 0.1) is 9.79 Å². The maximum Gasteiger partial charge on any atom is 0.269 e. The molecule has 0 radical (unpaired) electrons. The van der Waals surface area contributed by atoms with Gasteiger partial charge in [0, 0.05) is 30.4 Å². The van der Waals surface area contributed by atoms with Gasteiger partial charge in [-0.2, -0.15) is 4.31 Å². The average molecular weight is 482 g/mol. The highest BCUT2D eigenvalue weighted by atomic mass is 32.2. The summed E-state index contributed by atoms with van der Waals surface area (Å²) in [5, 5.41) is 0.685. The topological polar surface area (TPSA) is 89.3 Å². The van der Waals surface area contributed by atoms with E-state index in [1.807, 2.05) is 6.07 Å². The van der Waals surface area contributed by atoms with Crippen molar-refractivity contribution in [3.63, 3.8) is 0 Å². The van der Waals surface area contributed by atoms with Gasteiger partial charge in [0.25, 0.3) is 10.0 Å². The Bertz CT molecular complexity index is 1540. The first-order valence-corrected chi connectivity index (χ1v) is 13.6. The van der Waals surface area contributed by atoms with Gasteiger partial charge in [-0.25, -0.2) is 25.8 Å². The molecular formula is C24H23N3O4S2. The number of aromatic nitrogens is 2. The number of sulfonamides is 1. The first-order valence-electron chi connectivity index (χ1n) is 10.7. The van der Waals surface area contributed by atoms with E-state index in [9.17, 15) is 16.8 Å². The van der Waals surface area contributed by atoms with Gasteiger partial charge >= 0.3 is 0 Å². The average Bonchev–Trinajstić information content (AvgIpc) is 3.48. The maximum atomic E-state index is 13.3. The summed E-state index contributed by atoms with van der Waals surface area (Å²) in [6, 6.07) is 18.6. The Morgan fingerprint density at radius 1 is 0.788 bits per heavy atom. The minimum Gasteiger partial charge on any atom is -0.237 e. The highest BCUT2D eigenvalue weighted by molar-refractivity contribution is 7.90. The van der Waals surface area contributed by atoms with Crippen LogP contribution in [0.5, 0.6) is 0 Å². The number of hydrogen-bond donors (Lipinski definition) is 0. The van der Waals surface area contributed by atoms with E-state index in [0.29, 0.717) is 29.8 Å². The lowest BCUT2D eigenvalue weighted by Crippen LogP contribution is -2.27. The molecule has 9 heteroatoms. The second-order valence-electron chi connectivity index (χ2n) is 8.10. The Labute approximate surface area is 193 Å². The summed E-state index contributed by atoms with van der Waals surface area (Å²) < 4.78 is 55.1. The molecule has 1 fully saturated rings. The Kier molecular flexibility index (Phi) is 5.35. The van der Waals surface area contributed by atoms with E-state index in [4.69, 9.17) is 0 Å². The molecule has 0 amide bonds. The van der Waals surface area contributed by atoms with Crippen LogP contribution < -0.4 is 0 Å². The third-order valence-electron chi connectivity index (χ3n) is 5.98. The lowest BCUT2D eigenvalue weighted by atomic mass is 10.0. The van der Waals surface area contributed by atoms with Crippen LogP contribution in [0.15, 0.2) is 82.7 Å². The molecule has 2 aromatic heterocycles. The van der Waals surface area contributed by atoms with Crippen LogP contribution in [-0.2, 0) is 20.0 Å². The second kappa shape index (κ2) is 8.09. The normalized spacial score (nSPS) is 15.3. The molecule has 0 atom stereocenters. The Morgan fingerprint density at radius 2 is 1.42 bits per heavy atom. The van der Waals surface area contributed by atoms with E-state index < -0.39 is 20.0 Å². The van der Waals surface area contributed by atoms with Crippen molar-refractivity contribution in [2.75, 3.05) is 13.1 Å². The summed E-state index contributed by atoms with van der Waals surface area (Å²) >= 11 is 0. The summed E-state index contributed by atoms with van der Waals surface area (Å²) in [7, 11) is -7.31. The molecular weight excluding hydrogens is 458 g/mol. The predicted octanol–water partition coefficient (Wildman–Crippen LogP) is 4.03. The number of hydrogen-bond acceptors (Lipinski definition) is 5. The standard InChI is InChI=1S/C24H23N3O4S2/c1-18-17-23-22(19-9-11-21(12-10-19)32(28,29)26-15-5-6-16-26)13-14-25-24(23)27(18)33(30,31)20-7-3-2-4-8-20/h2-4,7-14,17H,5-6,15-16H2,1H3. The quantitative estimate of drug-likeness (QED) is 0.429. The number of aryl methyl sites for hydroxylation is 1. The molecule has 4 aromatic rings. The van der Waals surface area contributed by atoms with Crippen molar-refractivity contribution in [1.29, 1.82) is 0 Å². The molecule has 5 rings (SSSR count). The Morgan fingerprint density at radius 3 is 2.09 bits per heavy atom. The summed E-state index contributed by atoms with van der Waals surface area (Å²) in [6.45, 7) is 2.84. The van der Waals surface area contributed by atoms with Gasteiger partial charge in [-0.3, -0.25) is 0 Å². The molecule has 33 heavy (non-hydrogen) atoms. The summed E-state index contributed by atoms with van der Waals surface area (Å²) in [5.41, 5.74) is 2.46. The molecule has 0 saturated carbocycles. The fourth-order valence-corrected chi connectivity index (χ4v) is 7.37. The first-order chi connectivity index (χ1) is 15.8. The van der Waals surface area contributed by atoms with E-state index in [2.05, 4.69) is 4.98 Å². The van der Waals surface area contributed by atoms with Crippen LogP contribution in [0, 0.1) is 6.92 Å². The number of benzene rings is 2. The molecule has 0 unspecified atom stereocenters. The maximum absolute atomic E-state index is 13.3. The fourth-order valence-electron chi connectivity index (χ4n) is 4.34. The molecule has 0 bridgehead atoms. The van der Waals surface area contributed by atoms with E-state index >= 15 is 0 Å². The number of pyridine rings is 1. The lowest BCUT2D eigenvalue weighted by molar-refractivity contribution is 0.477. The van der Waals surface area contributed by atoms with E-state index in [1.165, 1.54) is 8.28 Å². The summed E-state index contributed by atoms with van der Waals surface area (Å²) in [4.78, 5) is 4.82. The van der Waals surface area contributed by atoms with Gasteiger partial charge in [-0.15, -0.1) is 0 Å². The van der Waals surface area contributed by atoms with Crippen molar-refractivity contribution >= 4 is 31.1 Å². The van der Waals surface area contributed by atoms with E-state index in [-0.39, 0.29) is 9.79 Å². The van der Waals surface area contributed by atoms with Gasteiger partial charge in [0.2, 0.25) is 10.0 Å². The third-order valence-corrected chi connectivity index (χ3v) is 9.71. The lowest BCUT2D eigenvalue weighted by Gasteiger charge is -2.15. The van der Waals surface area contributed by atoms with Gasteiger partial charge in [-0.1, -0.05) is 30.3 Å². The van der Waals surface area contributed by atoms with Crippen molar-refractivity contribution in [2.45, 2.75) is 29.6 Å². The molecule has 170 valence electrons. The molecule has 0 aliphatic carbocycles. The molecule has 1 saturated heterocycles. The van der Waals surface area contributed by atoms with Crippen LogP contribution in [0.25, 0.3) is 22.2 Å². The Balaban J connectivity index is 1.59. The van der Waals surface area contributed by atoms with Gasteiger partial charge < -0.3 is 0 Å². The molecule has 1 aliphatic heterocycles. The highest BCUT2D eigenvalue weighted by Crippen LogP contribution is 2.33. The van der Waals surface area contributed by atoms with Crippen LogP contribution >= 0.6 is 0 Å². The van der Waals surface area contributed by atoms with Gasteiger partial charge in [0.15, 0.2) is 5.65 Å². The molecule has 1 aliphatic rings. The molecule has 2 aromatic carbocycles. The molecule has 3 heterocycles. The number of rotatable bonds is 5. The van der Waals surface area contributed by atoms with Crippen LogP contribution in [0.3, 0.4) is 0 Å². The number of fused-ring (bicyclic) bond motifs is 1. The van der Waals surface area contributed by atoms with Crippen molar-refractivity contribution in [3.8, 4) is 11.1 Å². The summed E-state index contributed by atoms with van der Waals surface area (Å²) in [6.07, 6.45) is 3.34. The monoisotopic (exact) mass is 481 g/mol. The third kappa shape index (κ3) is 3.66. The minimum absolute atomic E-state index is 0.189. The molecule has 0 spiro atoms. The molecule has 7 nitrogen and oxygen atoms in total. The second-order valence-corrected chi connectivity index (χ2v) is 11.8. The zero-order chi connectivity index (χ0) is 23.2. The van der Waals surface area contributed by atoms with E-state index in [0.717, 1.165) is 24.0 Å². The Hall–Kier alpha value is -3.01. The summed E-state index contributed by atoms with van der Waals surface area (Å²) in [5.74, 6) is 0. The van der Waals surface area contributed by atoms with Crippen LogP contribution in [0.2, 0.25) is 0 Å². The van der Waals surface area contributed by atoms with Crippen molar-refractivity contribution in [1.82, 2.24) is 13.3 Å². The zero-order valence-corrected chi connectivity index (χ0v) is 19.7. The van der Waals surface area contributed by atoms with Gasteiger partial charge in [-0.05, 0) is 67.3 Å². The number of nitrogens with zero attached hydrogens (tertiary/aromatic N) is 3. The highest BCUT2D eigenvalue weighted by Gasteiger charge is 2.27. The van der Waals surface area contributed by atoms with Crippen molar-refractivity contribution < 1.29 is 16.8 Å². The SMILES string of the molecule is Cc1cc2c(-c3ccc(S(=O)(=O)N4CCCC4)cc3)ccnc2n1S(=O)(=O)c1ccccc1. The minimum atomic E-state index is -3.82. The smallest absolute Gasteiger partial charge is 0.237 e. The molecule has 0 N–H and O–H groups in total. The van der Waals surface area contributed by atoms with Crippen molar-refractivity contribution in [2.24, 2.45) is 0 Å².